The molecule has 0 bridgehead atoms. The highest BCUT2D eigenvalue weighted by Crippen LogP contribution is 2.61. The monoisotopic (exact) mass is 1560 g/mol. The largest absolute Gasteiger partial charge is 0.365 e. The van der Waals surface area contributed by atoms with Gasteiger partial charge in [-0.25, -0.2) is 75.0 Å². The molecule has 0 unspecified atom stereocenters. The Morgan fingerprint density at radius 1 is 0.357 bits per heavy atom. The molecule has 4 saturated heterocycles. The van der Waals surface area contributed by atoms with Gasteiger partial charge >= 0.3 is 0 Å². The quantitative estimate of drug-likeness (QED) is 0.0260. The molecule has 8 aromatic rings. The number of aromatic amines is 4. The first-order valence-electron chi connectivity index (χ1n) is 38.8. The lowest BCUT2D eigenvalue weighted by Crippen LogP contribution is -2.52. The molecule has 16 rings (SSSR count). The zero-order valence-electron chi connectivity index (χ0n) is 64.3. The number of aromatic nitrogens is 12. The Kier molecular flexibility index (Phi) is 22.8. The number of H-pyrrole nitrogens is 4. The number of amides is 4. The van der Waals surface area contributed by atoms with Crippen LogP contribution in [0.4, 0.5) is 58.4 Å². The minimum Gasteiger partial charge on any atom is -0.365 e. The van der Waals surface area contributed by atoms with Crippen molar-refractivity contribution >= 4 is 91.0 Å². The molecular formula is C80H100F8N20O4. The summed E-state index contributed by atoms with van der Waals surface area (Å²) < 4.78 is 109. The van der Waals surface area contributed by atoms with Crippen LogP contribution < -0.4 is 21.3 Å². The van der Waals surface area contributed by atoms with Crippen LogP contribution in [0.25, 0.3) is 44.1 Å². The van der Waals surface area contributed by atoms with Gasteiger partial charge in [0, 0.05) is 125 Å². The number of rotatable bonds is 20. The topological polar surface area (TPSA) is 296 Å². The number of hydrogen-bond acceptors (Lipinski definition) is 16. The molecule has 600 valence electrons. The van der Waals surface area contributed by atoms with Gasteiger partial charge in [0.25, 0.3) is 23.7 Å². The van der Waals surface area contributed by atoms with Crippen LogP contribution in [0.2, 0.25) is 0 Å². The van der Waals surface area contributed by atoms with Crippen LogP contribution in [0.1, 0.15) is 178 Å². The van der Waals surface area contributed by atoms with Gasteiger partial charge in [-0.1, -0.05) is 81.7 Å². The van der Waals surface area contributed by atoms with E-state index in [0.717, 1.165) is 51.4 Å². The number of carbonyl (C=O) groups is 4. The molecule has 4 amide bonds. The predicted octanol–water partition coefficient (Wildman–Crippen LogP) is 14.8. The molecular weight excluding hydrogens is 1460 g/mol. The number of alkyl halides is 8. The van der Waals surface area contributed by atoms with Crippen LogP contribution in [0.5, 0.6) is 0 Å². The molecule has 12 atom stereocenters. The van der Waals surface area contributed by atoms with Gasteiger partial charge in [0.1, 0.15) is 71.2 Å². The maximum Gasteiger partial charge on any atom is 0.256 e. The summed E-state index contributed by atoms with van der Waals surface area (Å²) in [6.07, 6.45) is 23.9. The number of hydrogen-bond donors (Lipinski definition) is 8. The maximum absolute atomic E-state index is 13.6. The molecule has 8 aliphatic rings. The summed E-state index contributed by atoms with van der Waals surface area (Å²) in [4.78, 5) is 103. The normalized spacial score (nSPS) is 26.5. The van der Waals surface area contributed by atoms with Crippen molar-refractivity contribution < 1.29 is 54.3 Å². The van der Waals surface area contributed by atoms with Gasteiger partial charge in [0.05, 0.1) is 45.2 Å². The summed E-state index contributed by atoms with van der Waals surface area (Å²) in [5.41, 5.74) is 4.40. The lowest BCUT2D eigenvalue weighted by atomic mass is 9.90. The summed E-state index contributed by atoms with van der Waals surface area (Å²) >= 11 is 0. The maximum atomic E-state index is 13.6. The molecule has 12 heterocycles. The zero-order valence-corrected chi connectivity index (χ0v) is 64.3. The number of anilines is 4. The van der Waals surface area contributed by atoms with Crippen molar-refractivity contribution in [1.82, 2.24) is 79.4 Å². The second-order valence-electron chi connectivity index (χ2n) is 32.5. The van der Waals surface area contributed by atoms with Crippen LogP contribution in [0.3, 0.4) is 0 Å². The molecule has 4 aliphatic carbocycles. The molecule has 4 aliphatic heterocycles. The Labute approximate surface area is 644 Å². The number of halogens is 8. The van der Waals surface area contributed by atoms with Crippen LogP contribution in [0, 0.1) is 23.7 Å². The summed E-state index contributed by atoms with van der Waals surface area (Å²) in [7, 11) is 0. The Bertz CT molecular complexity index is 4230. The number of carbonyl (C=O) groups excluding carboxylic acids is 4. The van der Waals surface area contributed by atoms with Gasteiger partial charge < -0.3 is 60.8 Å². The molecule has 8 N–H and O–H groups in total. The molecule has 32 heteroatoms. The third kappa shape index (κ3) is 16.7. The van der Waals surface area contributed by atoms with Crippen molar-refractivity contribution in [2.24, 2.45) is 23.7 Å². The first-order chi connectivity index (χ1) is 53.3. The summed E-state index contributed by atoms with van der Waals surface area (Å²) in [5, 5.41) is 16.0. The molecule has 0 spiro atoms. The molecule has 0 aromatic carbocycles. The average Bonchev–Trinajstić information content (AvgIpc) is 1.61. The summed E-state index contributed by atoms with van der Waals surface area (Å²) in [6.45, 7) is 33.4. The minimum atomic E-state index is -2.66. The Hall–Kier alpha value is -10.0. The Balaban J connectivity index is 0.000000131. The van der Waals surface area contributed by atoms with E-state index in [1.807, 2.05) is 19.6 Å². The Morgan fingerprint density at radius 2 is 0.545 bits per heavy atom. The van der Waals surface area contributed by atoms with Crippen molar-refractivity contribution in [3.63, 3.8) is 0 Å². The van der Waals surface area contributed by atoms with Crippen molar-refractivity contribution in [3.8, 4) is 0 Å². The molecule has 112 heavy (non-hydrogen) atoms. The smallest absolute Gasteiger partial charge is 0.256 e. The van der Waals surface area contributed by atoms with Crippen LogP contribution in [-0.4, -0.2) is 201 Å². The fourth-order valence-electron chi connectivity index (χ4n) is 17.2. The number of nitrogens with one attached hydrogen (secondary N) is 8. The number of likely N-dealkylation sites (tertiary alicyclic amines) is 4. The number of fused-ring (bicyclic) bond motifs is 4. The van der Waals surface area contributed by atoms with Crippen LogP contribution in [0.15, 0.2) is 101 Å². The second kappa shape index (κ2) is 31.9. The number of nitrogens with zero attached hydrogens (tertiary/aromatic N) is 12. The van der Waals surface area contributed by atoms with Crippen molar-refractivity contribution in [2.75, 3.05) is 47.4 Å². The number of piperidine rings is 4. The van der Waals surface area contributed by atoms with E-state index in [-0.39, 0.29) is 97.6 Å². The van der Waals surface area contributed by atoms with Gasteiger partial charge in [-0.05, 0) is 122 Å². The summed E-state index contributed by atoms with van der Waals surface area (Å²) in [6, 6.07) is 0.616. The first-order valence-corrected chi connectivity index (χ1v) is 38.8. The van der Waals surface area contributed by atoms with E-state index in [1.165, 1.54) is 49.6 Å². The lowest BCUT2D eigenvalue weighted by molar-refractivity contribution is -0.131. The molecule has 24 nitrogen and oxygen atoms in total. The Morgan fingerprint density at radius 3 is 0.705 bits per heavy atom. The van der Waals surface area contributed by atoms with E-state index < -0.39 is 47.4 Å². The molecule has 4 saturated carbocycles. The SMILES string of the molecule is C=CC(=O)N1C[C@@H](Nc2ncnc3[nH]cc([C@@H]4CC4(F)F)c23)CC[C@H]1C(C)C.C=CC(=O)N1C[C@@H](Nc2ncnc3[nH]cc([C@H]4CC4(F)F)c23)CC[C@H]1C(C)C.C=CC(=O)N1C[C@H](Nc2ncnc3[nH]cc([C@@H]4CC4(F)F)c23)CC[C@@H]1C(C)C.C=CC(=O)N1C[C@H](Nc2ncnc3[nH]cc([C@H]4CC4(F)F)c23)CC[C@@H]1C(C)C. The fraction of sp³-hybridized carbons (Fsp3) is 0.550. The highest BCUT2D eigenvalue weighted by Gasteiger charge is 2.61. The van der Waals surface area contributed by atoms with E-state index in [2.05, 4.69) is 163 Å². The predicted molar refractivity (Wildman–Crippen MR) is 413 cm³/mol. The third-order valence-electron chi connectivity index (χ3n) is 23.6. The van der Waals surface area contributed by atoms with Gasteiger partial charge in [0.2, 0.25) is 23.6 Å². The summed E-state index contributed by atoms with van der Waals surface area (Å²) in [5.74, 6) is -10.6. The van der Waals surface area contributed by atoms with Gasteiger partial charge in [-0.3, -0.25) is 19.2 Å². The minimum absolute atomic E-state index is 0.0144. The van der Waals surface area contributed by atoms with Crippen molar-refractivity contribution in [1.29, 1.82) is 0 Å². The van der Waals surface area contributed by atoms with Gasteiger partial charge in [-0.2, -0.15) is 0 Å². The second-order valence-corrected chi connectivity index (χ2v) is 32.5. The van der Waals surface area contributed by atoms with Crippen molar-refractivity contribution in [3.05, 3.63) is 123 Å². The molecule has 8 aromatic heterocycles. The van der Waals surface area contributed by atoms with E-state index >= 15 is 0 Å². The highest BCUT2D eigenvalue weighted by molar-refractivity contribution is 5.95. The van der Waals surface area contributed by atoms with Crippen LogP contribution >= 0.6 is 0 Å². The molecule has 0 radical (unpaired) electrons. The average molecular weight is 1560 g/mol. The van der Waals surface area contributed by atoms with Crippen molar-refractivity contribution in [2.45, 2.75) is 228 Å². The third-order valence-corrected chi connectivity index (χ3v) is 23.6. The van der Waals surface area contributed by atoms with Crippen LogP contribution in [-0.2, 0) is 19.2 Å². The van der Waals surface area contributed by atoms with E-state index in [9.17, 15) is 54.3 Å². The lowest BCUT2D eigenvalue weighted by Gasteiger charge is -2.41. The van der Waals surface area contributed by atoms with Gasteiger partial charge in [0.15, 0.2) is 0 Å². The van der Waals surface area contributed by atoms with Gasteiger partial charge in [-0.15, -0.1) is 0 Å². The van der Waals surface area contributed by atoms with E-state index in [0.29, 0.717) is 140 Å². The first kappa shape index (κ1) is 80.0. The standard InChI is InChI=1S/4C20H25F2N5O/c4*1-4-16(28)27-9-12(5-6-15(27)11(2)3)26-19-17-13(14-7-20(14,21)22)8-23-18(17)24-10-25-19/h4*4,8,10-12,14-15H,1,5-7,9H2,2-3H3,(H2,23,24,25,26)/t2*12-,14+,15-;2*12-,14-,15-/m1010/s1. The van der Waals surface area contributed by atoms with E-state index in [1.54, 1.807) is 24.8 Å². The zero-order chi connectivity index (χ0) is 80.2. The fourth-order valence-corrected chi connectivity index (χ4v) is 17.2. The molecule has 8 fully saturated rings. The van der Waals surface area contributed by atoms with E-state index in [4.69, 9.17) is 0 Å². The highest BCUT2D eigenvalue weighted by atomic mass is 19.3.